The highest BCUT2D eigenvalue weighted by molar-refractivity contribution is 6.24. The summed E-state index contributed by atoms with van der Waals surface area (Å²) < 4.78 is 0. The molecule has 1 aliphatic carbocycles. The van der Waals surface area contributed by atoms with Crippen molar-refractivity contribution < 1.29 is 19.8 Å². The second-order valence-corrected chi connectivity index (χ2v) is 4.36. The zero-order valence-corrected chi connectivity index (χ0v) is 9.56. The topological polar surface area (TPSA) is 93.4 Å². The molecule has 3 N–H and O–H groups in total. The molecule has 94 valence electrons. The maximum absolute atomic E-state index is 12.2. The first-order valence-corrected chi connectivity index (χ1v) is 5.68. The van der Waals surface area contributed by atoms with Gasteiger partial charge in [0.25, 0.3) is 0 Å². The number of rotatable bonds is 3. The van der Waals surface area contributed by atoms with Crippen LogP contribution in [0.2, 0.25) is 0 Å². The van der Waals surface area contributed by atoms with Gasteiger partial charge in [-0.3, -0.25) is 9.59 Å². The van der Waals surface area contributed by atoms with Gasteiger partial charge in [0.2, 0.25) is 5.78 Å². The van der Waals surface area contributed by atoms with E-state index in [4.69, 9.17) is 5.11 Å². The van der Waals surface area contributed by atoms with Crippen LogP contribution in [-0.4, -0.2) is 44.8 Å². The van der Waals surface area contributed by atoms with Crippen LogP contribution < -0.4 is 0 Å². The first-order valence-electron chi connectivity index (χ1n) is 5.68. The van der Waals surface area contributed by atoms with Crippen molar-refractivity contribution in [2.45, 2.75) is 13.2 Å². The number of nitrogens with zero attached hydrogens (tertiary/aromatic N) is 1. The van der Waals surface area contributed by atoms with Crippen molar-refractivity contribution in [3.8, 4) is 0 Å². The largest absolute Gasteiger partial charge is 0.392 e. The molecule has 1 aromatic rings. The van der Waals surface area contributed by atoms with E-state index >= 15 is 0 Å². The van der Waals surface area contributed by atoms with Gasteiger partial charge in [-0.15, -0.1) is 0 Å². The number of allylic oxidation sites excluding steroid dienone is 2. The number of hydrogen-bond donors (Lipinski definition) is 3. The first-order chi connectivity index (χ1) is 8.67. The van der Waals surface area contributed by atoms with E-state index in [1.165, 1.54) is 6.08 Å². The maximum Gasteiger partial charge on any atom is 0.226 e. The Hall–Kier alpha value is -1.92. The summed E-state index contributed by atoms with van der Waals surface area (Å²) in [4.78, 5) is 28.8. The van der Waals surface area contributed by atoms with E-state index in [9.17, 15) is 14.7 Å². The molecule has 0 aromatic carbocycles. The fraction of sp³-hybridized carbons (Fsp3) is 0.333. The highest BCUT2D eigenvalue weighted by Gasteiger charge is 2.36. The molecular formula is C12H12N2O4. The second-order valence-electron chi connectivity index (χ2n) is 4.36. The van der Waals surface area contributed by atoms with E-state index in [1.807, 2.05) is 0 Å². The summed E-state index contributed by atoms with van der Waals surface area (Å²) in [5.74, 6) is -0.553. The van der Waals surface area contributed by atoms with Crippen molar-refractivity contribution in [1.82, 2.24) is 9.88 Å². The summed E-state index contributed by atoms with van der Waals surface area (Å²) in [6.45, 7) is 0.831. The van der Waals surface area contributed by atoms with Gasteiger partial charge in [0.1, 0.15) is 5.69 Å². The van der Waals surface area contributed by atoms with Crippen LogP contribution in [-0.2, 0) is 13.2 Å². The van der Waals surface area contributed by atoms with Crippen LogP contribution in [0.1, 0.15) is 32.1 Å². The van der Waals surface area contributed by atoms with Gasteiger partial charge in [-0.2, -0.15) is 0 Å². The lowest BCUT2D eigenvalue weighted by atomic mass is 9.95. The maximum atomic E-state index is 12.2. The fourth-order valence-corrected chi connectivity index (χ4v) is 2.26. The Kier molecular flexibility index (Phi) is 2.36. The number of ketones is 2. The van der Waals surface area contributed by atoms with Gasteiger partial charge in [0.05, 0.1) is 24.5 Å². The number of hydrogen-bond acceptors (Lipinski definition) is 5. The van der Waals surface area contributed by atoms with E-state index < -0.39 is 0 Å². The predicted molar refractivity (Wildman–Crippen MR) is 61.0 cm³/mol. The van der Waals surface area contributed by atoms with Crippen molar-refractivity contribution in [3.63, 3.8) is 0 Å². The Labute approximate surface area is 103 Å². The van der Waals surface area contributed by atoms with Crippen molar-refractivity contribution in [2.24, 2.45) is 0 Å². The number of carbonyl (C=O) groups is 2. The Bertz CT molecular complexity index is 581. The highest BCUT2D eigenvalue weighted by atomic mass is 16.3. The lowest BCUT2D eigenvalue weighted by Gasteiger charge is -2.13. The summed E-state index contributed by atoms with van der Waals surface area (Å²) in [5, 5.41) is 18.4. The smallest absolute Gasteiger partial charge is 0.226 e. The molecule has 0 atom stereocenters. The molecule has 6 nitrogen and oxygen atoms in total. The average molecular weight is 248 g/mol. The lowest BCUT2D eigenvalue weighted by molar-refractivity contribution is 0.0966. The van der Waals surface area contributed by atoms with Gasteiger partial charge in [-0.05, 0) is 0 Å². The van der Waals surface area contributed by atoms with E-state index in [1.54, 1.807) is 4.90 Å². The van der Waals surface area contributed by atoms with Crippen LogP contribution in [0.4, 0.5) is 0 Å². The van der Waals surface area contributed by atoms with E-state index in [-0.39, 0.29) is 36.0 Å². The number of aliphatic hydroxyl groups excluding tert-OH is 2. The number of Topliss-reactive ketones (excluding diaryl/α,β-unsaturated/α-hetero) is 1. The monoisotopic (exact) mass is 248 g/mol. The summed E-state index contributed by atoms with van der Waals surface area (Å²) >= 11 is 0. The molecule has 0 saturated carbocycles. The van der Waals surface area contributed by atoms with Crippen molar-refractivity contribution in [3.05, 3.63) is 34.3 Å². The average Bonchev–Trinajstić information content (AvgIpc) is 3.12. The summed E-state index contributed by atoms with van der Waals surface area (Å²) in [6, 6.07) is 0. The molecule has 0 amide bonds. The molecule has 1 fully saturated rings. The Morgan fingerprint density at radius 2 is 1.94 bits per heavy atom. The molecular weight excluding hydrogens is 236 g/mol. The number of aromatic amines is 1. The molecule has 18 heavy (non-hydrogen) atoms. The number of fused-ring (bicyclic) bond motifs is 1. The van der Waals surface area contributed by atoms with Crippen molar-refractivity contribution >= 4 is 11.6 Å². The zero-order valence-electron chi connectivity index (χ0n) is 9.56. The molecule has 0 radical (unpaired) electrons. The third-order valence-corrected chi connectivity index (χ3v) is 3.27. The second kappa shape index (κ2) is 3.79. The molecule has 0 unspecified atom stereocenters. The van der Waals surface area contributed by atoms with E-state index in [0.717, 1.165) is 13.1 Å². The predicted octanol–water partition coefficient (Wildman–Crippen LogP) is -0.422. The van der Waals surface area contributed by atoms with Crippen LogP contribution in [0, 0.1) is 0 Å². The lowest BCUT2D eigenvalue weighted by Crippen LogP contribution is -2.21. The first kappa shape index (κ1) is 11.2. The molecule has 0 spiro atoms. The molecule has 1 aromatic heterocycles. The Morgan fingerprint density at radius 1 is 1.22 bits per heavy atom. The zero-order chi connectivity index (χ0) is 12.9. The number of H-pyrrole nitrogens is 1. The van der Waals surface area contributed by atoms with Crippen LogP contribution in [0.25, 0.3) is 0 Å². The molecule has 6 heteroatoms. The quantitative estimate of drug-likeness (QED) is 0.632. The molecule has 1 saturated heterocycles. The molecule has 2 heterocycles. The van der Waals surface area contributed by atoms with Gasteiger partial charge in [-0.25, -0.2) is 0 Å². The highest BCUT2D eigenvalue weighted by Crippen LogP contribution is 2.30. The normalized spacial score (nSPS) is 17.9. The molecule has 3 rings (SSSR count). The van der Waals surface area contributed by atoms with Crippen LogP contribution in [0.3, 0.4) is 0 Å². The van der Waals surface area contributed by atoms with Crippen molar-refractivity contribution in [2.75, 3.05) is 13.1 Å². The minimum Gasteiger partial charge on any atom is -0.392 e. The summed E-state index contributed by atoms with van der Waals surface area (Å²) in [7, 11) is 0. The molecule has 1 aliphatic heterocycles. The van der Waals surface area contributed by atoms with E-state index in [0.29, 0.717) is 17.0 Å². The summed E-state index contributed by atoms with van der Waals surface area (Å²) in [5.41, 5.74) is 1.40. The number of aliphatic hydroxyl groups is 2. The summed E-state index contributed by atoms with van der Waals surface area (Å²) in [6.07, 6.45) is 1.31. The molecule has 0 bridgehead atoms. The fourth-order valence-electron chi connectivity index (χ4n) is 2.26. The number of carbonyl (C=O) groups excluding carboxylic acids is 2. The van der Waals surface area contributed by atoms with Crippen LogP contribution >= 0.6 is 0 Å². The number of aromatic nitrogens is 1. The van der Waals surface area contributed by atoms with Gasteiger partial charge >= 0.3 is 0 Å². The van der Waals surface area contributed by atoms with E-state index in [2.05, 4.69) is 4.98 Å². The SMILES string of the molecule is O=C1C(N2CC2)=CC(=O)c2c1[nH]c(CO)c2CO. The third kappa shape index (κ3) is 1.43. The van der Waals surface area contributed by atoms with Crippen molar-refractivity contribution in [1.29, 1.82) is 0 Å². The third-order valence-electron chi connectivity index (χ3n) is 3.27. The Morgan fingerprint density at radius 3 is 2.50 bits per heavy atom. The van der Waals surface area contributed by atoms with Gasteiger partial charge in [0.15, 0.2) is 5.78 Å². The van der Waals surface area contributed by atoms with Gasteiger partial charge in [0, 0.05) is 30.4 Å². The van der Waals surface area contributed by atoms with Gasteiger partial charge < -0.3 is 20.1 Å². The number of nitrogens with one attached hydrogen (secondary N) is 1. The molecule has 2 aliphatic rings. The minimum atomic E-state index is -0.381. The van der Waals surface area contributed by atoms with Crippen LogP contribution in [0.15, 0.2) is 11.8 Å². The van der Waals surface area contributed by atoms with Gasteiger partial charge in [-0.1, -0.05) is 0 Å². The standard InChI is InChI=1S/C12H12N2O4/c15-4-6-7(5-16)13-11-10(6)9(17)3-8(12(11)18)14-1-2-14/h3,13,15-16H,1-2,4-5H2. The van der Waals surface area contributed by atoms with Crippen LogP contribution in [0.5, 0.6) is 0 Å². The Balaban J connectivity index is 2.15. The minimum absolute atomic E-state index is 0.178.